The number of urea groups is 1. The van der Waals surface area contributed by atoms with Crippen LogP contribution >= 0.6 is 0 Å². The molecule has 5 heteroatoms. The number of anilines is 1. The third kappa shape index (κ3) is 6.67. The van der Waals surface area contributed by atoms with Crippen LogP contribution < -0.4 is 10.6 Å². The van der Waals surface area contributed by atoms with Crippen molar-refractivity contribution >= 4 is 11.7 Å². The summed E-state index contributed by atoms with van der Waals surface area (Å²) < 4.78 is 0. The Bertz CT molecular complexity index is 529. The van der Waals surface area contributed by atoms with Gasteiger partial charge in [0, 0.05) is 30.9 Å². The lowest BCUT2D eigenvalue weighted by atomic mass is 9.94. The zero-order chi connectivity index (χ0) is 18.1. The van der Waals surface area contributed by atoms with Gasteiger partial charge in [-0.3, -0.25) is 4.90 Å². The van der Waals surface area contributed by atoms with Gasteiger partial charge >= 0.3 is 6.03 Å². The molecule has 3 N–H and O–H groups in total. The molecule has 0 bridgehead atoms. The van der Waals surface area contributed by atoms with Crippen molar-refractivity contribution in [2.45, 2.75) is 70.5 Å². The molecule has 140 valence electrons. The van der Waals surface area contributed by atoms with E-state index in [9.17, 15) is 4.79 Å². The van der Waals surface area contributed by atoms with Gasteiger partial charge in [-0.15, -0.1) is 0 Å². The maximum atomic E-state index is 12.2. The zero-order valence-corrected chi connectivity index (χ0v) is 15.6. The Morgan fingerprint density at radius 1 is 1.28 bits per heavy atom. The number of para-hydroxylation sites is 1. The predicted octanol–water partition coefficient (Wildman–Crippen LogP) is 3.73. The summed E-state index contributed by atoms with van der Waals surface area (Å²) >= 11 is 0. The van der Waals surface area contributed by atoms with Gasteiger partial charge in [0.1, 0.15) is 0 Å². The first-order valence-corrected chi connectivity index (χ1v) is 9.56. The summed E-state index contributed by atoms with van der Waals surface area (Å²) in [6.07, 6.45) is 8.02. The fourth-order valence-corrected chi connectivity index (χ4v) is 3.55. The predicted molar refractivity (Wildman–Crippen MR) is 103 cm³/mol. The molecule has 1 fully saturated rings. The van der Waals surface area contributed by atoms with Gasteiger partial charge in [-0.25, -0.2) is 4.79 Å². The van der Waals surface area contributed by atoms with Gasteiger partial charge in [-0.2, -0.15) is 0 Å². The van der Waals surface area contributed by atoms with Crippen LogP contribution in [0.3, 0.4) is 0 Å². The normalized spacial score (nSPS) is 16.6. The second-order valence-corrected chi connectivity index (χ2v) is 7.23. The Morgan fingerprint density at radius 2 is 2.00 bits per heavy atom. The van der Waals surface area contributed by atoms with E-state index >= 15 is 0 Å². The van der Waals surface area contributed by atoms with Crippen LogP contribution in [0.5, 0.6) is 0 Å². The topological polar surface area (TPSA) is 64.6 Å². The molecule has 25 heavy (non-hydrogen) atoms. The molecule has 0 aromatic heterocycles. The van der Waals surface area contributed by atoms with E-state index in [-0.39, 0.29) is 18.7 Å². The maximum absolute atomic E-state index is 12.2. The van der Waals surface area contributed by atoms with Crippen LogP contribution in [0.4, 0.5) is 10.5 Å². The first-order valence-electron chi connectivity index (χ1n) is 9.56. The number of aliphatic hydroxyl groups is 1. The molecule has 0 aliphatic heterocycles. The van der Waals surface area contributed by atoms with Crippen LogP contribution in [0.25, 0.3) is 0 Å². The van der Waals surface area contributed by atoms with E-state index in [0.29, 0.717) is 12.5 Å². The standard InChI is InChI=1S/C20H33N3O2/c1-16(9-8-14-24)21-20(25)22-19-13-7-6-10-17(19)15-23(2)18-11-4-3-5-12-18/h6-7,10,13,16,18,24H,3-5,8-9,11-12,14-15H2,1-2H3,(H2,21,22,25). The van der Waals surface area contributed by atoms with Gasteiger partial charge in [-0.1, -0.05) is 37.5 Å². The second-order valence-electron chi connectivity index (χ2n) is 7.23. The Hall–Kier alpha value is -1.59. The number of hydrogen-bond acceptors (Lipinski definition) is 3. The molecule has 1 saturated carbocycles. The van der Waals surface area contributed by atoms with Gasteiger partial charge < -0.3 is 15.7 Å². The number of benzene rings is 1. The minimum absolute atomic E-state index is 0.0456. The van der Waals surface area contributed by atoms with Crippen molar-refractivity contribution in [3.8, 4) is 0 Å². The molecule has 1 aromatic carbocycles. The van der Waals surface area contributed by atoms with Gasteiger partial charge in [0.15, 0.2) is 0 Å². The monoisotopic (exact) mass is 347 g/mol. The van der Waals surface area contributed by atoms with Crippen LogP contribution in [0.1, 0.15) is 57.4 Å². The highest BCUT2D eigenvalue weighted by molar-refractivity contribution is 5.90. The number of aliphatic hydroxyl groups excluding tert-OH is 1. The van der Waals surface area contributed by atoms with E-state index in [0.717, 1.165) is 24.2 Å². The van der Waals surface area contributed by atoms with Crippen molar-refractivity contribution in [2.24, 2.45) is 0 Å². The van der Waals surface area contributed by atoms with E-state index in [1.54, 1.807) is 0 Å². The highest BCUT2D eigenvalue weighted by Gasteiger charge is 2.19. The highest BCUT2D eigenvalue weighted by atomic mass is 16.3. The quantitative estimate of drug-likeness (QED) is 0.671. The molecule has 0 radical (unpaired) electrons. The van der Waals surface area contributed by atoms with Gasteiger partial charge in [0.05, 0.1) is 0 Å². The smallest absolute Gasteiger partial charge is 0.319 e. The molecule has 0 heterocycles. The van der Waals surface area contributed by atoms with E-state index in [2.05, 4.69) is 28.6 Å². The summed E-state index contributed by atoms with van der Waals surface area (Å²) in [6, 6.07) is 8.54. The summed E-state index contributed by atoms with van der Waals surface area (Å²) in [5.41, 5.74) is 2.02. The van der Waals surface area contributed by atoms with E-state index in [1.165, 1.54) is 32.1 Å². The number of amides is 2. The molecule has 1 unspecified atom stereocenters. The molecular weight excluding hydrogens is 314 g/mol. The lowest BCUT2D eigenvalue weighted by Gasteiger charge is -2.31. The number of rotatable bonds is 8. The van der Waals surface area contributed by atoms with E-state index in [1.807, 2.05) is 25.1 Å². The molecular formula is C20H33N3O2. The van der Waals surface area contributed by atoms with E-state index in [4.69, 9.17) is 5.11 Å². The average Bonchev–Trinajstić information content (AvgIpc) is 2.62. The molecule has 1 aromatic rings. The van der Waals surface area contributed by atoms with Crippen LogP contribution in [0.2, 0.25) is 0 Å². The van der Waals surface area contributed by atoms with Crippen molar-refractivity contribution in [1.29, 1.82) is 0 Å². The van der Waals surface area contributed by atoms with Crippen LogP contribution in [-0.2, 0) is 6.54 Å². The number of nitrogens with zero attached hydrogens (tertiary/aromatic N) is 1. The molecule has 2 rings (SSSR count). The van der Waals surface area contributed by atoms with Gasteiger partial charge in [0.2, 0.25) is 0 Å². The summed E-state index contributed by atoms with van der Waals surface area (Å²) in [5.74, 6) is 0. The van der Waals surface area contributed by atoms with Gasteiger partial charge in [-0.05, 0) is 51.3 Å². The first kappa shape index (κ1) is 19.7. The fourth-order valence-electron chi connectivity index (χ4n) is 3.55. The van der Waals surface area contributed by atoms with Crippen molar-refractivity contribution in [2.75, 3.05) is 19.0 Å². The van der Waals surface area contributed by atoms with Crippen LogP contribution in [-0.4, -0.2) is 41.8 Å². The number of nitrogens with one attached hydrogen (secondary N) is 2. The summed E-state index contributed by atoms with van der Waals surface area (Å²) in [7, 11) is 2.18. The van der Waals surface area contributed by atoms with E-state index < -0.39 is 0 Å². The molecule has 0 spiro atoms. The summed E-state index contributed by atoms with van der Waals surface area (Å²) in [4.78, 5) is 14.6. The van der Waals surface area contributed by atoms with Crippen molar-refractivity contribution in [3.05, 3.63) is 29.8 Å². The molecule has 1 atom stereocenters. The third-order valence-corrected chi connectivity index (χ3v) is 5.06. The molecule has 1 aliphatic carbocycles. The largest absolute Gasteiger partial charge is 0.396 e. The van der Waals surface area contributed by atoms with Crippen LogP contribution in [0, 0.1) is 0 Å². The van der Waals surface area contributed by atoms with Crippen molar-refractivity contribution < 1.29 is 9.90 Å². The molecule has 1 aliphatic rings. The maximum Gasteiger partial charge on any atom is 0.319 e. The SMILES string of the molecule is CC(CCCO)NC(=O)Nc1ccccc1CN(C)C1CCCCC1. The zero-order valence-electron chi connectivity index (χ0n) is 15.6. The number of hydrogen-bond donors (Lipinski definition) is 3. The molecule has 0 saturated heterocycles. The minimum Gasteiger partial charge on any atom is -0.396 e. The Labute approximate surface area is 151 Å². The van der Waals surface area contributed by atoms with Crippen LogP contribution in [0.15, 0.2) is 24.3 Å². The number of carbonyl (C=O) groups is 1. The Balaban J connectivity index is 1.91. The van der Waals surface area contributed by atoms with Crippen molar-refractivity contribution in [1.82, 2.24) is 10.2 Å². The fraction of sp³-hybridized carbons (Fsp3) is 0.650. The Kier molecular flexibility index (Phi) is 8.22. The summed E-state index contributed by atoms with van der Waals surface area (Å²) in [6.45, 7) is 2.96. The molecule has 5 nitrogen and oxygen atoms in total. The summed E-state index contributed by atoms with van der Waals surface area (Å²) in [5, 5.41) is 14.8. The highest BCUT2D eigenvalue weighted by Crippen LogP contribution is 2.24. The Morgan fingerprint density at radius 3 is 2.72 bits per heavy atom. The third-order valence-electron chi connectivity index (χ3n) is 5.06. The first-order chi connectivity index (χ1) is 12.1. The molecule has 2 amide bonds. The van der Waals surface area contributed by atoms with Crippen molar-refractivity contribution in [3.63, 3.8) is 0 Å². The second kappa shape index (κ2) is 10.4. The average molecular weight is 348 g/mol. The minimum atomic E-state index is -0.182. The van der Waals surface area contributed by atoms with Gasteiger partial charge in [0.25, 0.3) is 0 Å². The lowest BCUT2D eigenvalue weighted by molar-refractivity contribution is 0.185. The lowest BCUT2D eigenvalue weighted by Crippen LogP contribution is -2.37. The number of carbonyl (C=O) groups excluding carboxylic acids is 1.